The summed E-state index contributed by atoms with van der Waals surface area (Å²) >= 11 is 0. The first kappa shape index (κ1) is 8.25. The van der Waals surface area contributed by atoms with Gasteiger partial charge in [0.15, 0.2) is 0 Å². The molecule has 5 heteroatoms. The van der Waals surface area contributed by atoms with E-state index < -0.39 is 9.73 Å². The third kappa shape index (κ3) is 1.31. The van der Waals surface area contributed by atoms with E-state index in [2.05, 4.69) is 9.97 Å². The van der Waals surface area contributed by atoms with Gasteiger partial charge in [0.2, 0.25) is 0 Å². The van der Waals surface area contributed by atoms with Gasteiger partial charge in [-0.3, -0.25) is 4.98 Å². The smallest absolute Gasteiger partial charge is 0.105 e. The van der Waals surface area contributed by atoms with Crippen LogP contribution in [-0.2, 0) is 9.73 Å². The zero-order chi connectivity index (χ0) is 9.47. The van der Waals surface area contributed by atoms with Crippen LogP contribution < -0.4 is 0 Å². The van der Waals surface area contributed by atoms with Crippen LogP contribution in [0.5, 0.6) is 0 Å². The van der Waals surface area contributed by atoms with Crippen LogP contribution >= 0.6 is 0 Å². The summed E-state index contributed by atoms with van der Waals surface area (Å²) in [5.41, 5.74) is 1.45. The first-order valence-electron chi connectivity index (χ1n) is 3.75. The lowest BCUT2D eigenvalue weighted by Gasteiger charge is -1.95. The van der Waals surface area contributed by atoms with Crippen molar-refractivity contribution in [1.29, 1.82) is 4.78 Å². The molecule has 2 aromatic heterocycles. The molecule has 4 nitrogen and oxygen atoms in total. The van der Waals surface area contributed by atoms with E-state index in [0.717, 1.165) is 5.52 Å². The topological polar surface area (TPSA) is 69.6 Å². The van der Waals surface area contributed by atoms with Gasteiger partial charge >= 0.3 is 0 Å². The number of rotatable bonds is 1. The van der Waals surface area contributed by atoms with E-state index in [1.165, 1.54) is 6.26 Å². The summed E-state index contributed by atoms with van der Waals surface area (Å²) in [6.07, 6.45) is 4.61. The molecule has 0 bridgehead atoms. The average Bonchev–Trinajstić information content (AvgIpc) is 2.45. The molecule has 0 aliphatic heterocycles. The summed E-state index contributed by atoms with van der Waals surface area (Å²) in [5, 5.41) is 0. The Kier molecular flexibility index (Phi) is 1.63. The maximum atomic E-state index is 11.5. The van der Waals surface area contributed by atoms with Crippen LogP contribution in [0.3, 0.4) is 0 Å². The molecule has 2 rings (SSSR count). The molecule has 1 unspecified atom stereocenters. The van der Waals surface area contributed by atoms with Crippen LogP contribution in [0.2, 0.25) is 0 Å². The second-order valence-electron chi connectivity index (χ2n) is 2.90. The molecule has 2 aromatic rings. The molecule has 0 saturated heterocycles. The maximum Gasteiger partial charge on any atom is 0.105 e. The van der Waals surface area contributed by atoms with Gasteiger partial charge in [0.25, 0.3) is 0 Å². The summed E-state index contributed by atoms with van der Waals surface area (Å²) in [5.74, 6) is 0. The van der Waals surface area contributed by atoms with E-state index in [0.29, 0.717) is 10.4 Å². The number of aromatic nitrogens is 2. The Morgan fingerprint density at radius 3 is 3.08 bits per heavy atom. The van der Waals surface area contributed by atoms with E-state index in [4.69, 9.17) is 4.78 Å². The Morgan fingerprint density at radius 2 is 2.38 bits per heavy atom. The molecular formula is C8H9N3OS. The van der Waals surface area contributed by atoms with Gasteiger partial charge in [-0.25, -0.2) is 8.99 Å². The highest BCUT2D eigenvalue weighted by atomic mass is 32.2. The molecule has 2 heterocycles. The minimum Gasteiger partial charge on any atom is -0.359 e. The molecule has 2 N–H and O–H groups in total. The van der Waals surface area contributed by atoms with Crippen LogP contribution in [-0.4, -0.2) is 20.4 Å². The molecule has 0 saturated carbocycles. The highest BCUT2D eigenvalue weighted by molar-refractivity contribution is 7.92. The minimum absolute atomic E-state index is 0.475. The summed E-state index contributed by atoms with van der Waals surface area (Å²) in [6.45, 7) is 0. The molecule has 0 spiro atoms. The summed E-state index contributed by atoms with van der Waals surface area (Å²) < 4.78 is 18.9. The zero-order valence-electron chi connectivity index (χ0n) is 7.07. The number of nitrogens with zero attached hydrogens (tertiary/aromatic N) is 1. The Hall–Kier alpha value is -1.36. The van der Waals surface area contributed by atoms with Gasteiger partial charge in [-0.05, 0) is 12.1 Å². The van der Waals surface area contributed by atoms with E-state index in [9.17, 15) is 4.21 Å². The van der Waals surface area contributed by atoms with Crippen molar-refractivity contribution in [3.63, 3.8) is 0 Å². The fraction of sp³-hybridized carbons (Fsp3) is 0.125. The second-order valence-corrected chi connectivity index (χ2v) is 5.02. The highest BCUT2D eigenvalue weighted by Gasteiger charge is 2.10. The minimum atomic E-state index is -2.68. The second kappa shape index (κ2) is 2.56. The standard InChI is InChI=1S/C8H9N3OS/c1-13(9,12)7-5-11-6-3-2-4-10-8(6)7/h2-5,9,11H,1H3. The van der Waals surface area contributed by atoms with Crippen molar-refractivity contribution in [2.45, 2.75) is 4.90 Å². The molecule has 0 radical (unpaired) electrons. The van der Waals surface area contributed by atoms with Crippen LogP contribution in [0, 0.1) is 4.78 Å². The predicted octanol–water partition coefficient (Wildman–Crippen LogP) is 1.60. The van der Waals surface area contributed by atoms with E-state index in [1.807, 2.05) is 6.07 Å². The number of hydrogen-bond acceptors (Lipinski definition) is 3. The van der Waals surface area contributed by atoms with Gasteiger partial charge in [0.1, 0.15) is 5.52 Å². The number of fused-ring (bicyclic) bond motifs is 1. The Morgan fingerprint density at radius 1 is 1.62 bits per heavy atom. The average molecular weight is 195 g/mol. The van der Waals surface area contributed by atoms with Crippen molar-refractivity contribution >= 4 is 20.8 Å². The van der Waals surface area contributed by atoms with Crippen LogP contribution in [0.4, 0.5) is 0 Å². The molecular weight excluding hydrogens is 186 g/mol. The number of hydrogen-bond donors (Lipinski definition) is 2. The lowest BCUT2D eigenvalue weighted by atomic mass is 10.4. The highest BCUT2D eigenvalue weighted by Crippen LogP contribution is 2.19. The normalized spacial score (nSPS) is 15.8. The van der Waals surface area contributed by atoms with Gasteiger partial charge in [0, 0.05) is 18.6 Å². The van der Waals surface area contributed by atoms with Crippen molar-refractivity contribution < 1.29 is 4.21 Å². The van der Waals surface area contributed by atoms with Gasteiger partial charge in [-0.15, -0.1) is 0 Å². The molecule has 13 heavy (non-hydrogen) atoms. The first-order valence-corrected chi connectivity index (χ1v) is 5.71. The predicted molar refractivity (Wildman–Crippen MR) is 51.1 cm³/mol. The number of H-pyrrole nitrogens is 1. The monoisotopic (exact) mass is 195 g/mol. The number of pyridine rings is 1. The van der Waals surface area contributed by atoms with Gasteiger partial charge in [0.05, 0.1) is 20.1 Å². The molecule has 0 amide bonds. The van der Waals surface area contributed by atoms with Crippen molar-refractivity contribution in [2.75, 3.05) is 6.26 Å². The summed E-state index contributed by atoms with van der Waals surface area (Å²) in [6, 6.07) is 3.64. The molecule has 0 aromatic carbocycles. The van der Waals surface area contributed by atoms with Crippen LogP contribution in [0.25, 0.3) is 11.0 Å². The van der Waals surface area contributed by atoms with Gasteiger partial charge in [-0.1, -0.05) is 0 Å². The van der Waals surface area contributed by atoms with Crippen LogP contribution in [0.1, 0.15) is 0 Å². The van der Waals surface area contributed by atoms with Gasteiger partial charge in [-0.2, -0.15) is 0 Å². The zero-order valence-corrected chi connectivity index (χ0v) is 7.89. The maximum absolute atomic E-state index is 11.5. The molecule has 0 fully saturated rings. The quantitative estimate of drug-likeness (QED) is 0.725. The fourth-order valence-electron chi connectivity index (χ4n) is 1.23. The summed E-state index contributed by atoms with van der Waals surface area (Å²) in [7, 11) is -2.68. The van der Waals surface area contributed by atoms with E-state index >= 15 is 0 Å². The van der Waals surface area contributed by atoms with E-state index in [1.54, 1.807) is 18.5 Å². The molecule has 0 aliphatic rings. The Bertz CT molecular complexity index is 541. The molecule has 68 valence electrons. The van der Waals surface area contributed by atoms with Crippen molar-refractivity contribution in [3.8, 4) is 0 Å². The van der Waals surface area contributed by atoms with Crippen molar-refractivity contribution in [3.05, 3.63) is 24.5 Å². The van der Waals surface area contributed by atoms with Crippen molar-refractivity contribution in [2.24, 2.45) is 0 Å². The number of nitrogens with one attached hydrogen (secondary N) is 2. The third-order valence-electron chi connectivity index (χ3n) is 1.82. The van der Waals surface area contributed by atoms with Gasteiger partial charge < -0.3 is 4.98 Å². The largest absolute Gasteiger partial charge is 0.359 e. The lowest BCUT2D eigenvalue weighted by Crippen LogP contribution is -1.93. The lowest BCUT2D eigenvalue weighted by molar-refractivity contribution is 0.679. The number of aromatic amines is 1. The SMILES string of the molecule is CS(=N)(=O)c1c[nH]c2cccnc12. The summed E-state index contributed by atoms with van der Waals surface area (Å²) in [4.78, 5) is 7.49. The van der Waals surface area contributed by atoms with E-state index in [-0.39, 0.29) is 0 Å². The fourth-order valence-corrected chi connectivity index (χ4v) is 2.04. The first-order chi connectivity index (χ1) is 6.09. The Labute approximate surface area is 76.0 Å². The van der Waals surface area contributed by atoms with Crippen molar-refractivity contribution in [1.82, 2.24) is 9.97 Å². The third-order valence-corrected chi connectivity index (χ3v) is 2.97. The molecule has 0 aliphatic carbocycles. The van der Waals surface area contributed by atoms with Crippen LogP contribution in [0.15, 0.2) is 29.4 Å². The molecule has 1 atom stereocenters. The Balaban J connectivity index is 2.87.